The van der Waals surface area contributed by atoms with Gasteiger partial charge in [-0.3, -0.25) is 4.68 Å². The Morgan fingerprint density at radius 1 is 1.07 bits per heavy atom. The van der Waals surface area contributed by atoms with Gasteiger partial charge in [0.15, 0.2) is 0 Å². The fraction of sp³-hybridized carbons (Fsp3) is 0.542. The molecule has 3 heterocycles. The maximum absolute atomic E-state index is 6.30. The van der Waals surface area contributed by atoms with Crippen LogP contribution in [0.5, 0.6) is 0 Å². The third kappa shape index (κ3) is 3.77. The zero-order valence-corrected chi connectivity index (χ0v) is 18.4. The van der Waals surface area contributed by atoms with Crippen molar-refractivity contribution in [2.75, 3.05) is 6.61 Å². The second kappa shape index (κ2) is 7.36. The molecule has 1 aromatic heterocycles. The Morgan fingerprint density at radius 3 is 2.43 bits per heavy atom. The van der Waals surface area contributed by atoms with Gasteiger partial charge in [0.2, 0.25) is 0 Å². The van der Waals surface area contributed by atoms with Gasteiger partial charge in [-0.15, -0.1) is 0 Å². The molecule has 5 rings (SSSR count). The van der Waals surface area contributed by atoms with Gasteiger partial charge in [0.05, 0.1) is 35.7 Å². The van der Waals surface area contributed by atoms with Crippen LogP contribution in [0.15, 0.2) is 47.9 Å². The lowest BCUT2D eigenvalue weighted by molar-refractivity contribution is 0.00578. The number of ether oxygens (including phenoxy) is 1. The molecule has 1 saturated carbocycles. The normalized spacial score (nSPS) is 25.4. The molecule has 0 radical (unpaired) electrons. The van der Waals surface area contributed by atoms with Crippen LogP contribution in [0.3, 0.4) is 0 Å². The molecule has 2 aromatic rings. The van der Waals surface area contributed by atoms with Gasteiger partial charge < -0.3 is 14.0 Å². The highest BCUT2D eigenvalue weighted by Gasteiger charge is 2.52. The van der Waals surface area contributed by atoms with Crippen molar-refractivity contribution in [3.63, 3.8) is 0 Å². The molecule has 5 nitrogen and oxygen atoms in total. The minimum absolute atomic E-state index is 0.128. The van der Waals surface area contributed by atoms with E-state index in [0.29, 0.717) is 12.5 Å². The summed E-state index contributed by atoms with van der Waals surface area (Å²) in [6.45, 7) is 9.81. The van der Waals surface area contributed by atoms with E-state index in [0.717, 1.165) is 18.7 Å². The Kier molecular flexibility index (Phi) is 4.92. The first-order valence-corrected chi connectivity index (χ1v) is 11.1. The van der Waals surface area contributed by atoms with Crippen LogP contribution in [0, 0.1) is 0 Å². The van der Waals surface area contributed by atoms with Gasteiger partial charge in [-0.05, 0) is 64.1 Å². The molecule has 0 N–H and O–H groups in total. The Hall–Kier alpha value is -1.89. The lowest BCUT2D eigenvalue weighted by Crippen LogP contribution is -2.41. The van der Waals surface area contributed by atoms with Crippen molar-refractivity contribution in [2.45, 2.75) is 76.7 Å². The van der Waals surface area contributed by atoms with E-state index in [4.69, 9.17) is 19.1 Å². The van der Waals surface area contributed by atoms with Gasteiger partial charge >= 0.3 is 7.12 Å². The van der Waals surface area contributed by atoms with E-state index in [1.165, 1.54) is 29.6 Å². The number of hydrogen-bond donors (Lipinski definition) is 0. The smallest absolute Gasteiger partial charge is 0.400 e. The maximum atomic E-state index is 6.30. The van der Waals surface area contributed by atoms with Crippen molar-refractivity contribution in [2.24, 2.45) is 0 Å². The predicted molar refractivity (Wildman–Crippen MR) is 117 cm³/mol. The second-order valence-electron chi connectivity index (χ2n) is 9.78. The molecule has 2 aliphatic heterocycles. The molecule has 1 aliphatic carbocycles. The van der Waals surface area contributed by atoms with Gasteiger partial charge in [-0.1, -0.05) is 36.4 Å². The lowest BCUT2D eigenvalue weighted by Gasteiger charge is -2.32. The minimum Gasteiger partial charge on any atom is -0.400 e. The summed E-state index contributed by atoms with van der Waals surface area (Å²) in [7, 11) is -0.310. The van der Waals surface area contributed by atoms with Crippen LogP contribution in [0.2, 0.25) is 0 Å². The van der Waals surface area contributed by atoms with Gasteiger partial charge in [0, 0.05) is 5.92 Å². The average Bonchev–Trinajstić information content (AvgIpc) is 3.44. The van der Waals surface area contributed by atoms with Crippen LogP contribution >= 0.6 is 0 Å². The Morgan fingerprint density at radius 2 is 1.77 bits per heavy atom. The summed E-state index contributed by atoms with van der Waals surface area (Å²) in [6, 6.07) is 12.7. The molecule has 3 aliphatic rings. The fourth-order valence-corrected chi connectivity index (χ4v) is 4.13. The predicted octanol–water partition coefficient (Wildman–Crippen LogP) is 4.83. The molecule has 1 unspecified atom stereocenters. The Balaban J connectivity index is 1.44. The maximum Gasteiger partial charge on any atom is 0.490 e. The first-order valence-electron chi connectivity index (χ1n) is 11.1. The fourth-order valence-electron chi connectivity index (χ4n) is 4.13. The van der Waals surface area contributed by atoms with Crippen molar-refractivity contribution in [3.05, 3.63) is 64.9 Å². The quantitative estimate of drug-likeness (QED) is 0.668. The SMILES string of the molecule is CC1(C)OB(C2=CC(c3cc(C4CC4)nn3Cc3ccccc3)OCC2)OC1(C)C. The van der Waals surface area contributed by atoms with E-state index in [9.17, 15) is 0 Å². The van der Waals surface area contributed by atoms with Crippen molar-refractivity contribution in [3.8, 4) is 0 Å². The molecular formula is C24H31BN2O3. The molecule has 158 valence electrons. The molecule has 0 spiro atoms. The van der Waals surface area contributed by atoms with E-state index in [1.54, 1.807) is 0 Å². The number of nitrogens with zero attached hydrogens (tertiary/aromatic N) is 2. The first kappa shape index (κ1) is 20.0. The van der Waals surface area contributed by atoms with Crippen LogP contribution in [0.1, 0.15) is 75.9 Å². The molecule has 0 amide bonds. The Bertz CT molecular complexity index is 931. The monoisotopic (exact) mass is 406 g/mol. The van der Waals surface area contributed by atoms with Crippen molar-refractivity contribution in [1.82, 2.24) is 9.78 Å². The van der Waals surface area contributed by atoms with Gasteiger partial charge in [-0.25, -0.2) is 0 Å². The summed E-state index contributed by atoms with van der Waals surface area (Å²) >= 11 is 0. The van der Waals surface area contributed by atoms with Gasteiger partial charge in [0.25, 0.3) is 0 Å². The molecule has 1 atom stereocenters. The molecule has 1 aromatic carbocycles. The molecule has 0 bridgehead atoms. The van der Waals surface area contributed by atoms with E-state index < -0.39 is 0 Å². The van der Waals surface area contributed by atoms with Crippen LogP contribution in [-0.4, -0.2) is 34.7 Å². The largest absolute Gasteiger partial charge is 0.490 e. The molecule has 1 saturated heterocycles. The van der Waals surface area contributed by atoms with Crippen LogP contribution < -0.4 is 0 Å². The second-order valence-corrected chi connectivity index (χ2v) is 9.78. The van der Waals surface area contributed by atoms with Crippen LogP contribution in [0.25, 0.3) is 0 Å². The lowest BCUT2D eigenvalue weighted by atomic mass is 9.74. The minimum atomic E-state index is -0.333. The average molecular weight is 406 g/mol. The summed E-state index contributed by atoms with van der Waals surface area (Å²) in [6.07, 6.45) is 5.37. The van der Waals surface area contributed by atoms with Crippen molar-refractivity contribution < 1.29 is 14.0 Å². The van der Waals surface area contributed by atoms with Gasteiger partial charge in [-0.2, -0.15) is 5.10 Å². The third-order valence-corrected chi connectivity index (χ3v) is 6.90. The number of hydrogen-bond acceptors (Lipinski definition) is 4. The standard InChI is InChI=1S/C24H31BN2O3/c1-23(2)24(3,4)30-25(29-23)19-12-13-28-22(14-19)21-15-20(18-10-11-18)26-27(21)16-17-8-6-5-7-9-17/h5-9,14-15,18,22H,10-13,16H2,1-4H3. The van der Waals surface area contributed by atoms with E-state index in [-0.39, 0.29) is 24.4 Å². The highest BCUT2D eigenvalue weighted by atomic mass is 16.7. The summed E-state index contributed by atoms with van der Waals surface area (Å²) in [5.41, 5.74) is 4.07. The summed E-state index contributed by atoms with van der Waals surface area (Å²) in [4.78, 5) is 0. The van der Waals surface area contributed by atoms with Crippen LogP contribution in [0.4, 0.5) is 0 Å². The topological polar surface area (TPSA) is 45.5 Å². The molecule has 30 heavy (non-hydrogen) atoms. The first-order chi connectivity index (χ1) is 14.3. The highest BCUT2D eigenvalue weighted by Crippen LogP contribution is 2.42. The zero-order chi connectivity index (χ0) is 20.9. The summed E-state index contributed by atoms with van der Waals surface area (Å²) < 4.78 is 20.9. The molecule has 2 fully saturated rings. The highest BCUT2D eigenvalue weighted by molar-refractivity contribution is 6.54. The molecule has 6 heteroatoms. The van der Waals surface area contributed by atoms with Crippen molar-refractivity contribution >= 4 is 7.12 Å². The summed E-state index contributed by atoms with van der Waals surface area (Å²) in [5, 5.41) is 4.96. The summed E-state index contributed by atoms with van der Waals surface area (Å²) in [5.74, 6) is 0.607. The molecular weight excluding hydrogens is 375 g/mol. The number of benzene rings is 1. The van der Waals surface area contributed by atoms with E-state index in [2.05, 4.69) is 68.8 Å². The van der Waals surface area contributed by atoms with E-state index >= 15 is 0 Å². The van der Waals surface area contributed by atoms with Crippen molar-refractivity contribution in [1.29, 1.82) is 0 Å². The van der Waals surface area contributed by atoms with Gasteiger partial charge in [0.1, 0.15) is 6.10 Å². The van der Waals surface area contributed by atoms with E-state index in [1.807, 2.05) is 6.07 Å². The number of aromatic nitrogens is 2. The number of rotatable bonds is 5. The van der Waals surface area contributed by atoms with Crippen LogP contribution in [-0.2, 0) is 20.6 Å². The third-order valence-electron chi connectivity index (χ3n) is 6.90. The Labute approximate surface area is 179 Å². The zero-order valence-electron chi connectivity index (χ0n) is 18.4.